The number of ether oxygens (including phenoxy) is 1. The van der Waals surface area contributed by atoms with Gasteiger partial charge in [-0.25, -0.2) is 0 Å². The number of esters is 1. The molecule has 92 valence electrons. The summed E-state index contributed by atoms with van der Waals surface area (Å²) in [6, 6.07) is 6.19. The maximum Gasteiger partial charge on any atom is 0.311 e. The summed E-state index contributed by atoms with van der Waals surface area (Å²) in [5.74, 6) is 0.191. The molecule has 0 saturated heterocycles. The van der Waals surface area contributed by atoms with Crippen molar-refractivity contribution in [3.8, 4) is 5.75 Å². The maximum atomic E-state index is 11.4. The molecule has 3 nitrogen and oxygen atoms in total. The molecule has 0 bridgehead atoms. The van der Waals surface area contributed by atoms with E-state index in [2.05, 4.69) is 6.92 Å². The van der Waals surface area contributed by atoms with Gasteiger partial charge in [-0.3, -0.25) is 9.59 Å². The average Bonchev–Trinajstić information content (AvgIpc) is 2.30. The molecule has 0 radical (unpaired) electrons. The van der Waals surface area contributed by atoms with Crippen LogP contribution in [0.25, 0.3) is 0 Å². The zero-order valence-electron chi connectivity index (χ0n) is 9.74. The van der Waals surface area contributed by atoms with Crippen molar-refractivity contribution in [3.05, 3.63) is 29.8 Å². The Morgan fingerprint density at radius 3 is 2.35 bits per heavy atom. The van der Waals surface area contributed by atoms with E-state index in [4.69, 9.17) is 16.3 Å². The number of carbonyl (C=O) groups is 2. The molecular weight excluding hydrogens is 240 g/mol. The predicted octanol–water partition coefficient (Wildman–Crippen LogP) is 3.55. The van der Waals surface area contributed by atoms with Gasteiger partial charge in [-0.05, 0) is 42.3 Å². The molecule has 0 atom stereocenters. The first-order valence-corrected chi connectivity index (χ1v) is 6.02. The van der Waals surface area contributed by atoms with Crippen molar-refractivity contribution < 1.29 is 14.3 Å². The summed E-state index contributed by atoms with van der Waals surface area (Å²) in [4.78, 5) is 22.2. The zero-order chi connectivity index (χ0) is 12.7. The molecule has 17 heavy (non-hydrogen) atoms. The zero-order valence-corrected chi connectivity index (χ0v) is 10.5. The molecule has 0 fully saturated rings. The third-order valence-corrected chi connectivity index (χ3v) is 2.52. The standard InChI is InChI=1S/C13H15ClO3/c1-2-3-4-5-12(15)17-11-8-6-10(7-9-11)13(14)16/h6-9H,2-5H2,1H3. The third kappa shape index (κ3) is 5.00. The highest BCUT2D eigenvalue weighted by molar-refractivity contribution is 6.67. The van der Waals surface area contributed by atoms with Crippen LogP contribution in [0.2, 0.25) is 0 Å². The van der Waals surface area contributed by atoms with Crippen molar-refractivity contribution in [2.45, 2.75) is 32.6 Å². The van der Waals surface area contributed by atoms with Crippen molar-refractivity contribution in [2.75, 3.05) is 0 Å². The SMILES string of the molecule is CCCCCC(=O)Oc1ccc(C(=O)Cl)cc1. The fourth-order valence-corrected chi connectivity index (χ4v) is 1.48. The lowest BCUT2D eigenvalue weighted by Gasteiger charge is -2.04. The van der Waals surface area contributed by atoms with Crippen LogP contribution in [0.15, 0.2) is 24.3 Å². The Morgan fingerprint density at radius 2 is 1.82 bits per heavy atom. The molecule has 0 N–H and O–H groups in total. The van der Waals surface area contributed by atoms with Gasteiger partial charge in [-0.2, -0.15) is 0 Å². The van der Waals surface area contributed by atoms with E-state index in [1.54, 1.807) is 12.1 Å². The largest absolute Gasteiger partial charge is 0.427 e. The molecule has 0 heterocycles. The van der Waals surface area contributed by atoms with E-state index in [0.29, 0.717) is 17.7 Å². The van der Waals surface area contributed by atoms with Crippen LogP contribution in [-0.4, -0.2) is 11.2 Å². The molecule has 0 aliphatic rings. The highest BCUT2D eigenvalue weighted by Gasteiger charge is 2.06. The van der Waals surface area contributed by atoms with E-state index in [-0.39, 0.29) is 5.97 Å². The fourth-order valence-electron chi connectivity index (χ4n) is 1.36. The second-order valence-electron chi connectivity index (χ2n) is 3.73. The van der Waals surface area contributed by atoms with E-state index >= 15 is 0 Å². The van der Waals surface area contributed by atoms with Gasteiger partial charge in [-0.15, -0.1) is 0 Å². The van der Waals surface area contributed by atoms with Gasteiger partial charge < -0.3 is 4.74 Å². The van der Waals surface area contributed by atoms with Crippen molar-refractivity contribution in [2.24, 2.45) is 0 Å². The Kier molecular flexibility index (Phi) is 5.70. The number of hydrogen-bond acceptors (Lipinski definition) is 3. The second kappa shape index (κ2) is 7.07. The highest BCUT2D eigenvalue weighted by atomic mass is 35.5. The number of rotatable bonds is 6. The second-order valence-corrected chi connectivity index (χ2v) is 4.07. The molecule has 0 saturated carbocycles. The molecule has 0 aliphatic carbocycles. The summed E-state index contributed by atoms with van der Waals surface area (Å²) in [7, 11) is 0. The van der Waals surface area contributed by atoms with E-state index in [0.717, 1.165) is 19.3 Å². The number of carbonyl (C=O) groups excluding carboxylic acids is 2. The van der Waals surface area contributed by atoms with Crippen LogP contribution in [0.5, 0.6) is 5.75 Å². The van der Waals surface area contributed by atoms with Crippen LogP contribution in [0.1, 0.15) is 43.0 Å². The fraction of sp³-hybridized carbons (Fsp3) is 0.385. The lowest BCUT2D eigenvalue weighted by molar-refractivity contribution is -0.134. The van der Waals surface area contributed by atoms with Crippen molar-refractivity contribution in [3.63, 3.8) is 0 Å². The number of hydrogen-bond donors (Lipinski definition) is 0. The first kappa shape index (κ1) is 13.7. The van der Waals surface area contributed by atoms with Gasteiger partial charge in [0, 0.05) is 12.0 Å². The average molecular weight is 255 g/mol. The molecular formula is C13H15ClO3. The molecule has 0 aromatic heterocycles. The maximum absolute atomic E-state index is 11.4. The Labute approximate surface area is 106 Å². The molecule has 1 aromatic carbocycles. The van der Waals surface area contributed by atoms with E-state index in [1.807, 2.05) is 0 Å². The normalized spacial score (nSPS) is 10.0. The summed E-state index contributed by atoms with van der Waals surface area (Å²) in [5, 5.41) is -0.522. The molecule has 4 heteroatoms. The molecule has 0 spiro atoms. The van der Waals surface area contributed by atoms with E-state index < -0.39 is 5.24 Å². The van der Waals surface area contributed by atoms with Crippen LogP contribution in [0, 0.1) is 0 Å². The lowest BCUT2D eigenvalue weighted by atomic mass is 10.2. The van der Waals surface area contributed by atoms with Gasteiger partial charge in [0.2, 0.25) is 0 Å². The minimum absolute atomic E-state index is 0.247. The predicted molar refractivity (Wildman–Crippen MR) is 66.4 cm³/mol. The number of halogens is 1. The van der Waals surface area contributed by atoms with Gasteiger partial charge in [0.25, 0.3) is 5.24 Å². The first-order chi connectivity index (χ1) is 8.13. The summed E-state index contributed by atoms with van der Waals surface area (Å²) < 4.78 is 5.10. The Balaban J connectivity index is 2.46. The van der Waals surface area contributed by atoms with Crippen LogP contribution >= 0.6 is 11.6 Å². The van der Waals surface area contributed by atoms with Crippen molar-refractivity contribution >= 4 is 22.8 Å². The summed E-state index contributed by atoms with van der Waals surface area (Å²) in [6.45, 7) is 2.08. The number of unbranched alkanes of at least 4 members (excludes halogenated alkanes) is 2. The third-order valence-electron chi connectivity index (χ3n) is 2.30. The molecule has 0 aliphatic heterocycles. The van der Waals surface area contributed by atoms with Crippen LogP contribution in [-0.2, 0) is 4.79 Å². The summed E-state index contributed by atoms with van der Waals surface area (Å²) in [5.41, 5.74) is 0.387. The minimum atomic E-state index is -0.522. The Morgan fingerprint density at radius 1 is 1.18 bits per heavy atom. The molecule has 0 amide bonds. The van der Waals surface area contributed by atoms with Crippen LogP contribution < -0.4 is 4.74 Å². The highest BCUT2D eigenvalue weighted by Crippen LogP contribution is 2.14. The van der Waals surface area contributed by atoms with Gasteiger partial charge in [0.15, 0.2) is 0 Å². The van der Waals surface area contributed by atoms with Gasteiger partial charge in [0.05, 0.1) is 0 Å². The Bertz CT molecular complexity index is 384. The lowest BCUT2D eigenvalue weighted by Crippen LogP contribution is -2.07. The quantitative estimate of drug-likeness (QED) is 0.337. The van der Waals surface area contributed by atoms with Crippen LogP contribution in [0.3, 0.4) is 0 Å². The van der Waals surface area contributed by atoms with Gasteiger partial charge >= 0.3 is 5.97 Å². The van der Waals surface area contributed by atoms with E-state index in [1.165, 1.54) is 12.1 Å². The summed E-state index contributed by atoms with van der Waals surface area (Å²) in [6.07, 6.45) is 3.35. The number of benzene rings is 1. The first-order valence-electron chi connectivity index (χ1n) is 5.64. The van der Waals surface area contributed by atoms with Gasteiger partial charge in [0.1, 0.15) is 5.75 Å². The van der Waals surface area contributed by atoms with E-state index in [9.17, 15) is 9.59 Å². The topological polar surface area (TPSA) is 43.4 Å². The van der Waals surface area contributed by atoms with Crippen LogP contribution in [0.4, 0.5) is 0 Å². The minimum Gasteiger partial charge on any atom is -0.427 e. The van der Waals surface area contributed by atoms with Gasteiger partial charge in [-0.1, -0.05) is 19.8 Å². The summed E-state index contributed by atoms with van der Waals surface area (Å²) >= 11 is 5.30. The monoisotopic (exact) mass is 254 g/mol. The Hall–Kier alpha value is -1.35. The molecule has 1 aromatic rings. The van der Waals surface area contributed by atoms with Crippen molar-refractivity contribution in [1.29, 1.82) is 0 Å². The smallest absolute Gasteiger partial charge is 0.311 e. The van der Waals surface area contributed by atoms with Crippen molar-refractivity contribution in [1.82, 2.24) is 0 Å². The molecule has 1 rings (SSSR count). The molecule has 0 unspecified atom stereocenters.